The number of hydrogen-bond donors (Lipinski definition) is 1. The molecule has 0 aromatic heterocycles. The summed E-state index contributed by atoms with van der Waals surface area (Å²) in [7, 11) is 0. The first kappa shape index (κ1) is 13.0. The van der Waals surface area contributed by atoms with Crippen molar-refractivity contribution in [2.45, 2.75) is 59.0 Å². The number of likely N-dealkylation sites (tertiary alicyclic amines) is 1. The van der Waals surface area contributed by atoms with Gasteiger partial charge < -0.3 is 5.73 Å². The van der Waals surface area contributed by atoms with E-state index in [0.29, 0.717) is 0 Å². The molecule has 0 bridgehead atoms. The van der Waals surface area contributed by atoms with Crippen molar-refractivity contribution < 1.29 is 0 Å². The lowest BCUT2D eigenvalue weighted by Gasteiger charge is -2.29. The maximum atomic E-state index is 5.75. The highest BCUT2D eigenvalue weighted by molar-refractivity contribution is 4.86. The second-order valence-corrected chi connectivity index (χ2v) is 5.70. The van der Waals surface area contributed by atoms with Gasteiger partial charge in [0.15, 0.2) is 0 Å². The predicted molar refractivity (Wildman–Crippen MR) is 66.9 cm³/mol. The fourth-order valence-electron chi connectivity index (χ4n) is 2.70. The van der Waals surface area contributed by atoms with Gasteiger partial charge in [0.1, 0.15) is 0 Å². The van der Waals surface area contributed by atoms with Crippen LogP contribution in [0.3, 0.4) is 0 Å². The third kappa shape index (κ3) is 3.76. The Kier molecular flexibility index (Phi) is 5.07. The highest BCUT2D eigenvalue weighted by Crippen LogP contribution is 2.26. The van der Waals surface area contributed by atoms with Crippen LogP contribution in [0, 0.1) is 11.8 Å². The molecule has 1 aliphatic heterocycles. The van der Waals surface area contributed by atoms with Crippen LogP contribution in [-0.2, 0) is 0 Å². The van der Waals surface area contributed by atoms with Crippen LogP contribution in [0.4, 0.5) is 0 Å². The summed E-state index contributed by atoms with van der Waals surface area (Å²) in [4.78, 5) is 2.65. The van der Waals surface area contributed by atoms with E-state index in [1.165, 1.54) is 25.8 Å². The molecule has 15 heavy (non-hydrogen) atoms. The lowest BCUT2D eigenvalue weighted by atomic mass is 10.0. The Morgan fingerprint density at radius 1 is 1.27 bits per heavy atom. The summed E-state index contributed by atoms with van der Waals surface area (Å²) in [5.74, 6) is 1.57. The van der Waals surface area contributed by atoms with Gasteiger partial charge in [0, 0.05) is 18.6 Å². The van der Waals surface area contributed by atoms with Gasteiger partial charge in [-0.25, -0.2) is 0 Å². The Morgan fingerprint density at radius 3 is 2.40 bits per heavy atom. The maximum Gasteiger partial charge on any atom is 0.00734 e. The average molecular weight is 212 g/mol. The molecule has 0 amide bonds. The molecule has 90 valence electrons. The van der Waals surface area contributed by atoms with Crippen molar-refractivity contribution in [1.82, 2.24) is 4.90 Å². The smallest absolute Gasteiger partial charge is 0.00734 e. The molecule has 1 saturated heterocycles. The van der Waals surface area contributed by atoms with Crippen LogP contribution in [0.25, 0.3) is 0 Å². The van der Waals surface area contributed by atoms with E-state index < -0.39 is 0 Å². The van der Waals surface area contributed by atoms with Crippen LogP contribution in [0.1, 0.15) is 47.0 Å². The minimum absolute atomic E-state index is 0.735. The standard InChI is InChI=1S/C13H28N2/c1-10(2)5-6-11(3)15-9-13(8-14)7-12(15)4/h10-13H,5-9,14H2,1-4H3. The lowest BCUT2D eigenvalue weighted by Crippen LogP contribution is -2.36. The third-order valence-corrected chi connectivity index (χ3v) is 3.77. The fourth-order valence-corrected chi connectivity index (χ4v) is 2.70. The Hall–Kier alpha value is -0.0800. The van der Waals surface area contributed by atoms with Crippen LogP contribution in [0.5, 0.6) is 0 Å². The van der Waals surface area contributed by atoms with E-state index in [9.17, 15) is 0 Å². The number of rotatable bonds is 5. The zero-order chi connectivity index (χ0) is 11.4. The van der Waals surface area contributed by atoms with Crippen molar-refractivity contribution in [1.29, 1.82) is 0 Å². The van der Waals surface area contributed by atoms with Gasteiger partial charge in [-0.3, -0.25) is 4.90 Å². The van der Waals surface area contributed by atoms with Crippen LogP contribution in [0.15, 0.2) is 0 Å². The van der Waals surface area contributed by atoms with Crippen molar-refractivity contribution in [2.75, 3.05) is 13.1 Å². The molecule has 0 radical (unpaired) electrons. The molecule has 2 heteroatoms. The first-order valence-electron chi connectivity index (χ1n) is 6.50. The molecule has 3 atom stereocenters. The zero-order valence-corrected chi connectivity index (χ0v) is 10.9. The van der Waals surface area contributed by atoms with E-state index in [4.69, 9.17) is 5.73 Å². The normalized spacial score (nSPS) is 30.0. The van der Waals surface area contributed by atoms with Gasteiger partial charge >= 0.3 is 0 Å². The molecule has 1 rings (SSSR count). The quantitative estimate of drug-likeness (QED) is 0.758. The summed E-state index contributed by atoms with van der Waals surface area (Å²) in [5, 5.41) is 0. The molecule has 1 heterocycles. The molecule has 1 fully saturated rings. The molecule has 0 aromatic carbocycles. The average Bonchev–Trinajstić information content (AvgIpc) is 2.56. The SMILES string of the molecule is CC(C)CCC(C)N1CC(CN)CC1C. The molecular weight excluding hydrogens is 184 g/mol. The van der Waals surface area contributed by atoms with E-state index in [1.54, 1.807) is 0 Å². The Balaban J connectivity index is 2.35. The van der Waals surface area contributed by atoms with Crippen LogP contribution >= 0.6 is 0 Å². The van der Waals surface area contributed by atoms with Gasteiger partial charge in [-0.15, -0.1) is 0 Å². The van der Waals surface area contributed by atoms with Gasteiger partial charge in [0.05, 0.1) is 0 Å². The lowest BCUT2D eigenvalue weighted by molar-refractivity contribution is 0.183. The van der Waals surface area contributed by atoms with Gasteiger partial charge in [-0.1, -0.05) is 13.8 Å². The predicted octanol–water partition coefficient (Wildman–Crippen LogP) is 2.48. The Labute approximate surface area is 95.2 Å². The molecule has 0 spiro atoms. The topological polar surface area (TPSA) is 29.3 Å². The molecule has 0 aliphatic carbocycles. The largest absolute Gasteiger partial charge is 0.330 e. The summed E-state index contributed by atoms with van der Waals surface area (Å²) in [5.41, 5.74) is 5.75. The van der Waals surface area contributed by atoms with Crippen LogP contribution < -0.4 is 5.73 Å². The number of nitrogens with two attached hydrogens (primary N) is 1. The zero-order valence-electron chi connectivity index (χ0n) is 10.9. The van der Waals surface area contributed by atoms with E-state index in [0.717, 1.165) is 30.5 Å². The second-order valence-electron chi connectivity index (χ2n) is 5.70. The summed E-state index contributed by atoms with van der Waals surface area (Å²) < 4.78 is 0. The molecule has 0 aromatic rings. The summed E-state index contributed by atoms with van der Waals surface area (Å²) in [6.45, 7) is 11.4. The van der Waals surface area contributed by atoms with E-state index in [1.807, 2.05) is 0 Å². The third-order valence-electron chi connectivity index (χ3n) is 3.77. The van der Waals surface area contributed by atoms with Crippen molar-refractivity contribution in [2.24, 2.45) is 17.6 Å². The van der Waals surface area contributed by atoms with Gasteiger partial charge in [0.2, 0.25) is 0 Å². The van der Waals surface area contributed by atoms with Gasteiger partial charge in [-0.05, 0) is 51.5 Å². The molecule has 3 unspecified atom stereocenters. The van der Waals surface area contributed by atoms with Crippen molar-refractivity contribution in [3.8, 4) is 0 Å². The van der Waals surface area contributed by atoms with Crippen LogP contribution in [-0.4, -0.2) is 30.1 Å². The fraction of sp³-hybridized carbons (Fsp3) is 1.00. The Morgan fingerprint density at radius 2 is 1.93 bits per heavy atom. The van der Waals surface area contributed by atoms with E-state index in [-0.39, 0.29) is 0 Å². The van der Waals surface area contributed by atoms with Crippen LogP contribution in [0.2, 0.25) is 0 Å². The van der Waals surface area contributed by atoms with E-state index in [2.05, 4.69) is 32.6 Å². The molecular formula is C13H28N2. The molecule has 0 saturated carbocycles. The van der Waals surface area contributed by atoms with Gasteiger partial charge in [0.25, 0.3) is 0 Å². The number of nitrogens with zero attached hydrogens (tertiary/aromatic N) is 1. The highest BCUT2D eigenvalue weighted by Gasteiger charge is 2.30. The monoisotopic (exact) mass is 212 g/mol. The summed E-state index contributed by atoms with van der Waals surface area (Å²) in [6.07, 6.45) is 3.97. The maximum absolute atomic E-state index is 5.75. The number of hydrogen-bond acceptors (Lipinski definition) is 2. The first-order chi connectivity index (χ1) is 7.04. The summed E-state index contributed by atoms with van der Waals surface area (Å²) >= 11 is 0. The molecule has 1 aliphatic rings. The van der Waals surface area contributed by atoms with E-state index >= 15 is 0 Å². The van der Waals surface area contributed by atoms with Crippen molar-refractivity contribution >= 4 is 0 Å². The second kappa shape index (κ2) is 5.86. The Bertz CT molecular complexity index is 179. The minimum Gasteiger partial charge on any atom is -0.330 e. The minimum atomic E-state index is 0.735. The molecule has 2 nitrogen and oxygen atoms in total. The highest BCUT2D eigenvalue weighted by atomic mass is 15.2. The first-order valence-corrected chi connectivity index (χ1v) is 6.50. The van der Waals surface area contributed by atoms with Crippen molar-refractivity contribution in [3.05, 3.63) is 0 Å². The summed E-state index contributed by atoms with van der Waals surface area (Å²) in [6, 6.07) is 1.47. The van der Waals surface area contributed by atoms with Gasteiger partial charge in [-0.2, -0.15) is 0 Å². The van der Waals surface area contributed by atoms with Crippen molar-refractivity contribution in [3.63, 3.8) is 0 Å². The molecule has 2 N–H and O–H groups in total.